The number of ether oxygens (including phenoxy) is 3. The zero-order valence-electron chi connectivity index (χ0n) is 11.2. The van der Waals surface area contributed by atoms with E-state index < -0.39 is 6.36 Å². The van der Waals surface area contributed by atoms with Gasteiger partial charge in [0, 0.05) is 25.9 Å². The van der Waals surface area contributed by atoms with Crippen LogP contribution in [0.25, 0.3) is 0 Å². The second-order valence-electron chi connectivity index (χ2n) is 3.96. The number of hydrogen-bond acceptors (Lipinski definition) is 4. The molecule has 0 aromatic heterocycles. The molecule has 20 heavy (non-hydrogen) atoms. The molecule has 0 saturated carbocycles. The van der Waals surface area contributed by atoms with Gasteiger partial charge in [-0.15, -0.1) is 13.2 Å². The molecule has 0 amide bonds. The topological polar surface area (TPSA) is 39.7 Å². The number of halogens is 3. The number of benzene rings is 1. The molecular weight excluding hydrogens is 275 g/mol. The van der Waals surface area contributed by atoms with Gasteiger partial charge in [0.2, 0.25) is 0 Å². The molecule has 0 atom stereocenters. The Morgan fingerprint density at radius 3 is 2.35 bits per heavy atom. The Morgan fingerprint density at radius 1 is 1.05 bits per heavy atom. The highest BCUT2D eigenvalue weighted by atomic mass is 19.4. The predicted octanol–water partition coefficient (Wildman–Crippen LogP) is 3.05. The average molecular weight is 293 g/mol. The molecule has 0 aliphatic carbocycles. The lowest BCUT2D eigenvalue weighted by Gasteiger charge is -2.10. The van der Waals surface area contributed by atoms with E-state index in [0.29, 0.717) is 26.4 Å². The van der Waals surface area contributed by atoms with Crippen LogP contribution in [0.1, 0.15) is 6.42 Å². The van der Waals surface area contributed by atoms with Crippen LogP contribution in [-0.2, 0) is 9.47 Å². The standard InChI is InChI=1S/C13H18F3NO3/c1-18-9-10-19-8-2-7-17-11-3-5-12(6-4-11)20-13(14,15)16/h3-6,17H,2,7-10H2,1H3. The van der Waals surface area contributed by atoms with Crippen molar-refractivity contribution in [1.82, 2.24) is 0 Å². The third kappa shape index (κ3) is 7.85. The van der Waals surface area contributed by atoms with Crippen molar-refractivity contribution in [2.75, 3.05) is 38.8 Å². The zero-order valence-corrected chi connectivity index (χ0v) is 11.2. The minimum absolute atomic E-state index is 0.231. The maximum absolute atomic E-state index is 12.0. The third-order valence-electron chi connectivity index (χ3n) is 2.31. The molecule has 0 saturated heterocycles. The highest BCUT2D eigenvalue weighted by Gasteiger charge is 2.30. The molecule has 0 bridgehead atoms. The van der Waals surface area contributed by atoms with Crippen LogP contribution >= 0.6 is 0 Å². The normalized spacial score (nSPS) is 11.4. The van der Waals surface area contributed by atoms with Crippen LogP contribution in [-0.4, -0.2) is 39.8 Å². The van der Waals surface area contributed by atoms with Crippen LogP contribution in [0.2, 0.25) is 0 Å². The fraction of sp³-hybridized carbons (Fsp3) is 0.538. The monoisotopic (exact) mass is 293 g/mol. The van der Waals surface area contributed by atoms with E-state index in [1.807, 2.05) is 0 Å². The molecule has 4 nitrogen and oxygen atoms in total. The Labute approximate surface area is 115 Å². The summed E-state index contributed by atoms with van der Waals surface area (Å²) in [6.07, 6.45) is -3.86. The quantitative estimate of drug-likeness (QED) is 0.710. The Balaban J connectivity index is 2.18. The molecule has 0 unspecified atom stereocenters. The van der Waals surface area contributed by atoms with Gasteiger partial charge in [0.05, 0.1) is 13.2 Å². The fourth-order valence-corrected chi connectivity index (χ4v) is 1.43. The number of hydrogen-bond donors (Lipinski definition) is 1. The number of alkyl halides is 3. The minimum Gasteiger partial charge on any atom is -0.406 e. The summed E-state index contributed by atoms with van der Waals surface area (Å²) in [5, 5.41) is 3.08. The molecule has 1 aromatic carbocycles. The molecule has 1 rings (SSSR count). The highest BCUT2D eigenvalue weighted by molar-refractivity contribution is 5.46. The van der Waals surface area contributed by atoms with Crippen molar-refractivity contribution in [2.45, 2.75) is 12.8 Å². The Bertz CT molecular complexity index is 368. The van der Waals surface area contributed by atoms with E-state index in [4.69, 9.17) is 9.47 Å². The van der Waals surface area contributed by atoms with Crippen LogP contribution in [0.3, 0.4) is 0 Å². The summed E-state index contributed by atoms with van der Waals surface area (Å²) >= 11 is 0. The average Bonchev–Trinajstić information content (AvgIpc) is 2.38. The lowest BCUT2D eigenvalue weighted by atomic mass is 10.3. The van der Waals surface area contributed by atoms with Crippen molar-refractivity contribution in [1.29, 1.82) is 0 Å². The van der Waals surface area contributed by atoms with Crippen LogP contribution in [0, 0.1) is 0 Å². The van der Waals surface area contributed by atoms with Crippen molar-refractivity contribution in [2.24, 2.45) is 0 Å². The zero-order chi connectivity index (χ0) is 14.8. The molecule has 0 fully saturated rings. The molecular formula is C13H18F3NO3. The van der Waals surface area contributed by atoms with Crippen LogP contribution in [0.4, 0.5) is 18.9 Å². The number of methoxy groups -OCH3 is 1. The lowest BCUT2D eigenvalue weighted by molar-refractivity contribution is -0.274. The van der Waals surface area contributed by atoms with Crippen LogP contribution in [0.5, 0.6) is 5.75 Å². The minimum atomic E-state index is -4.66. The summed E-state index contributed by atoms with van der Waals surface area (Å²) < 4.78 is 49.8. The van der Waals surface area contributed by atoms with E-state index in [1.165, 1.54) is 24.3 Å². The van der Waals surface area contributed by atoms with Gasteiger partial charge in [0.15, 0.2) is 0 Å². The van der Waals surface area contributed by atoms with Gasteiger partial charge in [0.25, 0.3) is 0 Å². The molecule has 0 heterocycles. The summed E-state index contributed by atoms with van der Waals surface area (Å²) in [6.45, 7) is 2.39. The van der Waals surface area contributed by atoms with Gasteiger partial charge in [-0.3, -0.25) is 0 Å². The SMILES string of the molecule is COCCOCCCNc1ccc(OC(F)(F)F)cc1. The number of anilines is 1. The summed E-state index contributed by atoms with van der Waals surface area (Å²) in [5.41, 5.74) is 0.733. The van der Waals surface area contributed by atoms with Crippen molar-refractivity contribution in [3.63, 3.8) is 0 Å². The van der Waals surface area contributed by atoms with E-state index in [0.717, 1.165) is 12.1 Å². The Kier molecular flexibility index (Phi) is 7.17. The smallest absolute Gasteiger partial charge is 0.406 e. The van der Waals surface area contributed by atoms with Gasteiger partial charge >= 0.3 is 6.36 Å². The maximum Gasteiger partial charge on any atom is 0.573 e. The molecule has 1 aromatic rings. The fourth-order valence-electron chi connectivity index (χ4n) is 1.43. The summed E-state index contributed by atoms with van der Waals surface area (Å²) in [5.74, 6) is -0.231. The largest absolute Gasteiger partial charge is 0.573 e. The molecule has 0 spiro atoms. The van der Waals surface area contributed by atoms with Gasteiger partial charge in [-0.05, 0) is 30.7 Å². The molecule has 0 aliphatic rings. The Morgan fingerprint density at radius 2 is 1.75 bits per heavy atom. The van der Waals surface area contributed by atoms with Crippen molar-refractivity contribution < 1.29 is 27.4 Å². The summed E-state index contributed by atoms with van der Waals surface area (Å²) in [7, 11) is 1.61. The molecule has 1 N–H and O–H groups in total. The first-order chi connectivity index (χ1) is 9.51. The predicted molar refractivity (Wildman–Crippen MR) is 68.9 cm³/mol. The first-order valence-electron chi connectivity index (χ1n) is 6.17. The number of nitrogens with one attached hydrogen (secondary N) is 1. The van der Waals surface area contributed by atoms with Gasteiger partial charge in [-0.25, -0.2) is 0 Å². The second-order valence-corrected chi connectivity index (χ2v) is 3.96. The van der Waals surface area contributed by atoms with Crippen LogP contribution < -0.4 is 10.1 Å². The number of rotatable bonds is 9. The first kappa shape index (κ1) is 16.6. The summed E-state index contributed by atoms with van der Waals surface area (Å²) in [6, 6.07) is 5.61. The van der Waals surface area contributed by atoms with Crippen molar-refractivity contribution in [3.05, 3.63) is 24.3 Å². The first-order valence-corrected chi connectivity index (χ1v) is 6.17. The van der Waals surface area contributed by atoms with E-state index in [2.05, 4.69) is 10.1 Å². The highest BCUT2D eigenvalue weighted by Crippen LogP contribution is 2.23. The van der Waals surface area contributed by atoms with Crippen LogP contribution in [0.15, 0.2) is 24.3 Å². The molecule has 114 valence electrons. The van der Waals surface area contributed by atoms with Gasteiger partial charge in [-0.1, -0.05) is 0 Å². The molecule has 0 aliphatic heterocycles. The van der Waals surface area contributed by atoms with Crippen molar-refractivity contribution >= 4 is 5.69 Å². The van der Waals surface area contributed by atoms with E-state index in [-0.39, 0.29) is 5.75 Å². The van der Waals surface area contributed by atoms with E-state index in [9.17, 15) is 13.2 Å². The van der Waals surface area contributed by atoms with Gasteiger partial charge in [-0.2, -0.15) is 0 Å². The second kappa shape index (κ2) is 8.65. The molecule has 0 radical (unpaired) electrons. The van der Waals surface area contributed by atoms with Crippen molar-refractivity contribution in [3.8, 4) is 5.75 Å². The van der Waals surface area contributed by atoms with Gasteiger partial charge < -0.3 is 19.5 Å². The van der Waals surface area contributed by atoms with Gasteiger partial charge in [0.1, 0.15) is 5.75 Å². The van der Waals surface area contributed by atoms with E-state index in [1.54, 1.807) is 7.11 Å². The molecule has 7 heteroatoms. The maximum atomic E-state index is 12.0. The third-order valence-corrected chi connectivity index (χ3v) is 2.31. The lowest BCUT2D eigenvalue weighted by Crippen LogP contribution is -2.17. The van der Waals surface area contributed by atoms with E-state index >= 15 is 0 Å². The Hall–Kier alpha value is -1.47. The summed E-state index contributed by atoms with van der Waals surface area (Å²) in [4.78, 5) is 0.